The van der Waals surface area contributed by atoms with Crippen LogP contribution in [-0.4, -0.2) is 21.3 Å². The number of hydrogen-bond acceptors (Lipinski definition) is 3. The minimum Gasteiger partial charge on any atom is -0.476 e. The predicted molar refractivity (Wildman–Crippen MR) is 86.6 cm³/mol. The van der Waals surface area contributed by atoms with Crippen LogP contribution in [0.2, 0.25) is 5.02 Å². The summed E-state index contributed by atoms with van der Waals surface area (Å²) < 4.78 is 0. The van der Waals surface area contributed by atoms with Gasteiger partial charge in [0.15, 0.2) is 5.69 Å². The fourth-order valence-corrected chi connectivity index (χ4v) is 2.72. The molecule has 0 spiro atoms. The molecule has 112 valence electrons. The topological polar surface area (TPSA) is 78.0 Å². The number of nitrogens with zero attached hydrogens (tertiary/aromatic N) is 1. The van der Waals surface area contributed by atoms with Crippen molar-refractivity contribution in [3.05, 3.63) is 58.2 Å². The average molecular weight is 316 g/mol. The molecule has 0 amide bonds. The zero-order valence-corrected chi connectivity index (χ0v) is 12.6. The molecule has 3 rings (SSSR count). The lowest BCUT2D eigenvalue weighted by Crippen LogP contribution is -2.00. The van der Waals surface area contributed by atoms with Crippen LogP contribution in [0, 0.1) is 6.92 Å². The first kappa shape index (κ1) is 14.4. The molecule has 0 unspecified atom stereocenters. The lowest BCUT2D eigenvalue weighted by molar-refractivity contribution is 0.0692. The molecule has 1 heterocycles. The molecule has 3 aromatic rings. The molecule has 0 aliphatic heterocycles. The molecule has 0 aliphatic rings. The number of aryl methyl sites for hydroxylation is 1. The Hall–Kier alpha value is -2.53. The van der Waals surface area contributed by atoms with Crippen molar-refractivity contribution in [1.29, 1.82) is 0 Å². The molecule has 0 bridgehead atoms. The van der Waals surface area contributed by atoms with Crippen LogP contribution in [0.4, 0.5) is 5.69 Å². The Bertz CT molecular complexity index is 837. The van der Waals surface area contributed by atoms with Crippen LogP contribution >= 0.6 is 11.6 Å². The van der Waals surface area contributed by atoms with Gasteiger partial charge in [-0.15, -0.1) is 0 Å². The highest BCUT2D eigenvalue weighted by molar-refractivity contribution is 6.30. The Kier molecular flexibility index (Phi) is 3.73. The summed E-state index contributed by atoms with van der Waals surface area (Å²) >= 11 is 6.05. The predicted octanol–water partition coefficient (Wildman–Crippen LogP) is 3.84. The summed E-state index contributed by atoms with van der Waals surface area (Å²) in [5, 5.41) is 20.2. The molecule has 0 radical (unpaired) electrons. The van der Waals surface area contributed by atoms with Crippen LogP contribution in [0.15, 0.2) is 36.4 Å². The van der Waals surface area contributed by atoms with E-state index in [1.807, 2.05) is 25.1 Å². The van der Waals surface area contributed by atoms with Gasteiger partial charge in [-0.3, -0.25) is 5.10 Å². The van der Waals surface area contributed by atoms with Crippen molar-refractivity contribution in [3.63, 3.8) is 0 Å². The summed E-state index contributed by atoms with van der Waals surface area (Å²) in [7, 11) is 0. The van der Waals surface area contributed by atoms with Crippen molar-refractivity contribution in [3.8, 4) is 0 Å². The van der Waals surface area contributed by atoms with E-state index < -0.39 is 5.97 Å². The number of aromatic carboxylic acids is 1. The molecule has 22 heavy (non-hydrogen) atoms. The van der Waals surface area contributed by atoms with Gasteiger partial charge in [0.05, 0.1) is 5.52 Å². The lowest BCUT2D eigenvalue weighted by atomic mass is 10.1. The lowest BCUT2D eigenvalue weighted by Gasteiger charge is -2.08. The van der Waals surface area contributed by atoms with E-state index in [9.17, 15) is 4.79 Å². The van der Waals surface area contributed by atoms with Gasteiger partial charge in [-0.1, -0.05) is 17.7 Å². The normalized spacial score (nSPS) is 10.8. The first-order valence-electron chi connectivity index (χ1n) is 6.74. The monoisotopic (exact) mass is 315 g/mol. The van der Waals surface area contributed by atoms with Gasteiger partial charge in [0.1, 0.15) is 0 Å². The number of carboxylic acid groups (broad SMARTS) is 1. The zero-order valence-electron chi connectivity index (χ0n) is 11.9. The summed E-state index contributed by atoms with van der Waals surface area (Å²) in [4.78, 5) is 11.1. The van der Waals surface area contributed by atoms with Crippen LogP contribution in [0.25, 0.3) is 10.9 Å². The van der Waals surface area contributed by atoms with E-state index >= 15 is 0 Å². The number of nitrogens with one attached hydrogen (secondary N) is 2. The van der Waals surface area contributed by atoms with Crippen molar-refractivity contribution in [1.82, 2.24) is 10.2 Å². The fourth-order valence-electron chi connectivity index (χ4n) is 2.41. The molecular formula is C16H14ClN3O2. The third-order valence-corrected chi connectivity index (χ3v) is 3.58. The Labute approximate surface area is 131 Å². The number of halogens is 1. The molecule has 3 N–H and O–H groups in total. The molecule has 0 fully saturated rings. The second kappa shape index (κ2) is 5.69. The van der Waals surface area contributed by atoms with Crippen molar-refractivity contribution < 1.29 is 9.90 Å². The molecule has 0 aliphatic carbocycles. The van der Waals surface area contributed by atoms with Crippen LogP contribution in [0.5, 0.6) is 0 Å². The summed E-state index contributed by atoms with van der Waals surface area (Å²) in [6, 6.07) is 11.3. The number of fused-ring (bicyclic) bond motifs is 1. The number of aromatic nitrogens is 2. The Morgan fingerprint density at radius 3 is 2.86 bits per heavy atom. The molecule has 2 aromatic carbocycles. The molecule has 6 heteroatoms. The Balaban J connectivity index is 1.84. The second-order valence-electron chi connectivity index (χ2n) is 5.13. The van der Waals surface area contributed by atoms with Gasteiger partial charge >= 0.3 is 5.97 Å². The number of hydrogen-bond donors (Lipinski definition) is 3. The van der Waals surface area contributed by atoms with Gasteiger partial charge in [0, 0.05) is 22.6 Å². The second-order valence-corrected chi connectivity index (χ2v) is 5.56. The number of aromatic amines is 1. The molecule has 5 nitrogen and oxygen atoms in total. The highest BCUT2D eigenvalue weighted by Gasteiger charge is 2.12. The number of benzene rings is 2. The minimum atomic E-state index is -1.05. The molecule has 0 saturated carbocycles. The standard InChI is InChI=1S/C16H14ClN3O2/c1-9-4-10(6-11(17)5-9)8-18-12-2-3-14-13(7-12)15(16(21)22)20-19-14/h2-7,18H,8H2,1H3,(H,19,20)(H,21,22). The maximum atomic E-state index is 11.1. The fraction of sp³-hybridized carbons (Fsp3) is 0.125. The Morgan fingerprint density at radius 2 is 2.14 bits per heavy atom. The van der Waals surface area contributed by atoms with E-state index in [4.69, 9.17) is 16.7 Å². The minimum absolute atomic E-state index is 0.0252. The number of anilines is 1. The average Bonchev–Trinajstić information content (AvgIpc) is 2.87. The van der Waals surface area contributed by atoms with Crippen molar-refractivity contribution in [2.24, 2.45) is 0 Å². The SMILES string of the molecule is Cc1cc(Cl)cc(CNc2ccc3[nH]nc(C(=O)O)c3c2)c1. The molecular weight excluding hydrogens is 302 g/mol. The maximum Gasteiger partial charge on any atom is 0.357 e. The number of H-pyrrole nitrogens is 1. The van der Waals surface area contributed by atoms with Crippen LogP contribution < -0.4 is 5.32 Å². The summed E-state index contributed by atoms with van der Waals surface area (Å²) in [6.07, 6.45) is 0. The summed E-state index contributed by atoms with van der Waals surface area (Å²) in [5.41, 5.74) is 3.71. The van der Waals surface area contributed by atoms with Gasteiger partial charge in [-0.2, -0.15) is 5.10 Å². The Morgan fingerprint density at radius 1 is 1.32 bits per heavy atom. The van der Waals surface area contributed by atoms with Crippen LogP contribution in [0.1, 0.15) is 21.6 Å². The van der Waals surface area contributed by atoms with Crippen molar-refractivity contribution in [2.45, 2.75) is 13.5 Å². The van der Waals surface area contributed by atoms with Crippen molar-refractivity contribution >= 4 is 34.2 Å². The maximum absolute atomic E-state index is 11.1. The van der Waals surface area contributed by atoms with E-state index in [1.165, 1.54) is 0 Å². The quantitative estimate of drug-likeness (QED) is 0.683. The van der Waals surface area contributed by atoms with Gasteiger partial charge < -0.3 is 10.4 Å². The number of carboxylic acids is 1. The van der Waals surface area contributed by atoms with Gasteiger partial charge in [-0.05, 0) is 48.4 Å². The van der Waals surface area contributed by atoms with Gasteiger partial charge in [-0.25, -0.2) is 4.79 Å². The van der Waals surface area contributed by atoms with E-state index in [-0.39, 0.29) is 5.69 Å². The highest BCUT2D eigenvalue weighted by Crippen LogP contribution is 2.22. The van der Waals surface area contributed by atoms with E-state index in [0.29, 0.717) is 22.5 Å². The van der Waals surface area contributed by atoms with Crippen molar-refractivity contribution in [2.75, 3.05) is 5.32 Å². The summed E-state index contributed by atoms with van der Waals surface area (Å²) in [5.74, 6) is -1.05. The van der Waals surface area contributed by atoms with Gasteiger partial charge in [0.25, 0.3) is 0 Å². The van der Waals surface area contributed by atoms with Crippen LogP contribution in [-0.2, 0) is 6.54 Å². The third kappa shape index (κ3) is 2.89. The van der Waals surface area contributed by atoms with E-state index in [1.54, 1.807) is 12.1 Å². The number of carbonyl (C=O) groups is 1. The zero-order chi connectivity index (χ0) is 15.7. The smallest absolute Gasteiger partial charge is 0.357 e. The van der Waals surface area contributed by atoms with Gasteiger partial charge in [0.2, 0.25) is 0 Å². The summed E-state index contributed by atoms with van der Waals surface area (Å²) in [6.45, 7) is 2.60. The van der Waals surface area contributed by atoms with E-state index in [0.717, 1.165) is 16.8 Å². The molecule has 0 saturated heterocycles. The third-order valence-electron chi connectivity index (χ3n) is 3.36. The van der Waals surface area contributed by atoms with E-state index in [2.05, 4.69) is 21.6 Å². The van der Waals surface area contributed by atoms with Crippen LogP contribution in [0.3, 0.4) is 0 Å². The largest absolute Gasteiger partial charge is 0.476 e. The molecule has 1 aromatic heterocycles. The molecule has 0 atom stereocenters. The highest BCUT2D eigenvalue weighted by atomic mass is 35.5. The first-order chi connectivity index (χ1) is 10.5. The first-order valence-corrected chi connectivity index (χ1v) is 7.12. The number of rotatable bonds is 4.